The van der Waals surface area contributed by atoms with Crippen LogP contribution in [0.2, 0.25) is 0 Å². The Morgan fingerprint density at radius 1 is 1.00 bits per heavy atom. The first-order valence-corrected chi connectivity index (χ1v) is 11.7. The van der Waals surface area contributed by atoms with Gasteiger partial charge in [-0.05, 0) is 42.7 Å². The van der Waals surface area contributed by atoms with E-state index in [-0.39, 0.29) is 11.7 Å². The van der Waals surface area contributed by atoms with E-state index in [4.69, 9.17) is 0 Å². The number of rotatable bonds is 5. The molecule has 1 amide bonds. The van der Waals surface area contributed by atoms with Crippen molar-refractivity contribution in [3.63, 3.8) is 0 Å². The van der Waals surface area contributed by atoms with Crippen LogP contribution in [-0.4, -0.2) is 76.2 Å². The van der Waals surface area contributed by atoms with Crippen LogP contribution in [0.1, 0.15) is 33.7 Å². The van der Waals surface area contributed by atoms with Gasteiger partial charge in [0, 0.05) is 64.3 Å². The van der Waals surface area contributed by atoms with Crippen LogP contribution in [0.5, 0.6) is 0 Å². The average molecular weight is 438 g/mol. The Kier molecular flexibility index (Phi) is 5.50. The van der Waals surface area contributed by atoms with Gasteiger partial charge < -0.3 is 14.4 Å². The van der Waals surface area contributed by atoms with E-state index < -0.39 is 0 Å². The van der Waals surface area contributed by atoms with Crippen LogP contribution in [0, 0.1) is 0 Å². The molecule has 0 radical (unpaired) electrons. The monoisotopic (exact) mass is 437 g/mol. The molecule has 2 aliphatic heterocycles. The molecule has 0 aliphatic carbocycles. The zero-order chi connectivity index (χ0) is 21.4. The van der Waals surface area contributed by atoms with Gasteiger partial charge in [-0.15, -0.1) is 0 Å². The van der Waals surface area contributed by atoms with Crippen molar-refractivity contribution in [3.05, 3.63) is 47.8 Å². The summed E-state index contributed by atoms with van der Waals surface area (Å²) in [5, 5.41) is 1.25. The Hall–Kier alpha value is -2.71. The highest BCUT2D eigenvalue weighted by molar-refractivity contribution is 7.13. The maximum atomic E-state index is 12.9. The van der Waals surface area contributed by atoms with Crippen molar-refractivity contribution in [3.8, 4) is 0 Å². The summed E-state index contributed by atoms with van der Waals surface area (Å²) < 4.78 is 7.69. The van der Waals surface area contributed by atoms with Gasteiger partial charge in [0.25, 0.3) is 5.91 Å². The molecule has 1 fully saturated rings. The van der Waals surface area contributed by atoms with Crippen LogP contribution in [-0.2, 0) is 7.05 Å². The number of carbonyl (C=O) groups excluding carboxylic acids is 2. The molecule has 162 valence electrons. The fourth-order valence-corrected chi connectivity index (χ4v) is 5.45. The van der Waals surface area contributed by atoms with Crippen LogP contribution in [0.25, 0.3) is 10.1 Å². The van der Waals surface area contributed by atoms with Crippen molar-refractivity contribution in [1.82, 2.24) is 18.7 Å². The third kappa shape index (κ3) is 3.85. The van der Waals surface area contributed by atoms with E-state index in [0.717, 1.165) is 45.0 Å². The van der Waals surface area contributed by atoms with Crippen molar-refractivity contribution in [2.75, 3.05) is 50.7 Å². The third-order valence-corrected chi connectivity index (χ3v) is 7.21. The molecule has 3 aromatic rings. The van der Waals surface area contributed by atoms with Crippen molar-refractivity contribution >= 4 is 39.1 Å². The molecule has 0 N–H and O–H groups in total. The lowest BCUT2D eigenvalue weighted by molar-refractivity contribution is 0.0750. The molecular weight excluding hydrogens is 410 g/mol. The summed E-state index contributed by atoms with van der Waals surface area (Å²) in [6.07, 6.45) is 3.12. The first kappa shape index (κ1) is 20.2. The van der Waals surface area contributed by atoms with Crippen LogP contribution in [0.3, 0.4) is 0 Å². The molecule has 4 heterocycles. The standard InChI is InChI=1S/C23H27N5O2S/c1-25-11-7-18-21(25)19(29)8-12-28(23(18)30)10-4-9-26-13-15-27(16-14-26)22-17-5-2-3-6-20(17)31-24-22/h2-3,5-7,11H,4,8-10,12-16H2,1H3. The van der Waals surface area contributed by atoms with E-state index in [1.54, 1.807) is 28.4 Å². The first-order valence-electron chi connectivity index (χ1n) is 10.9. The molecular formula is C23H27N5O2S. The lowest BCUT2D eigenvalue weighted by Gasteiger charge is -2.35. The number of anilines is 1. The van der Waals surface area contributed by atoms with Crippen molar-refractivity contribution in [1.29, 1.82) is 0 Å². The second-order valence-electron chi connectivity index (χ2n) is 8.34. The minimum atomic E-state index is -0.0123. The summed E-state index contributed by atoms with van der Waals surface area (Å²) in [5.74, 6) is 1.16. The summed E-state index contributed by atoms with van der Waals surface area (Å²) in [5.41, 5.74) is 1.10. The fraction of sp³-hybridized carbons (Fsp3) is 0.435. The number of Topliss-reactive ketones (excluding diaryl/α,β-unsaturated/α-hetero) is 1. The number of hydrogen-bond acceptors (Lipinski definition) is 6. The van der Waals surface area contributed by atoms with E-state index in [1.807, 2.05) is 11.9 Å². The second kappa shape index (κ2) is 8.43. The molecule has 0 bridgehead atoms. The van der Waals surface area contributed by atoms with Crippen LogP contribution in [0.15, 0.2) is 36.5 Å². The highest BCUT2D eigenvalue weighted by atomic mass is 32.1. The number of hydrogen-bond donors (Lipinski definition) is 0. The number of aromatic nitrogens is 2. The second-order valence-corrected chi connectivity index (χ2v) is 9.14. The summed E-state index contributed by atoms with van der Waals surface area (Å²) in [7, 11) is 1.83. The number of ketones is 1. The van der Waals surface area contributed by atoms with Crippen molar-refractivity contribution in [2.45, 2.75) is 12.8 Å². The minimum Gasteiger partial charge on any atom is -0.353 e. The molecule has 1 saturated heterocycles. The lowest BCUT2D eigenvalue weighted by atomic mass is 10.1. The number of nitrogens with zero attached hydrogens (tertiary/aromatic N) is 5. The topological polar surface area (TPSA) is 61.7 Å². The fourth-order valence-electron chi connectivity index (χ4n) is 4.66. The van der Waals surface area contributed by atoms with Gasteiger partial charge in [0.05, 0.1) is 16.0 Å². The van der Waals surface area contributed by atoms with E-state index in [1.165, 1.54) is 10.1 Å². The molecule has 5 rings (SSSR count). The molecule has 7 nitrogen and oxygen atoms in total. The Morgan fingerprint density at radius 3 is 2.65 bits per heavy atom. The molecule has 0 unspecified atom stereocenters. The number of fused-ring (bicyclic) bond motifs is 2. The number of amides is 1. The van der Waals surface area contributed by atoms with Gasteiger partial charge in [0.15, 0.2) is 5.78 Å². The molecule has 0 atom stereocenters. The zero-order valence-electron chi connectivity index (χ0n) is 17.8. The van der Waals surface area contributed by atoms with Gasteiger partial charge in [-0.25, -0.2) is 0 Å². The number of benzene rings is 1. The maximum absolute atomic E-state index is 12.9. The summed E-state index contributed by atoms with van der Waals surface area (Å²) in [6.45, 7) is 6.11. The third-order valence-electron chi connectivity index (χ3n) is 6.40. The molecule has 0 saturated carbocycles. The highest BCUT2D eigenvalue weighted by Gasteiger charge is 2.29. The smallest absolute Gasteiger partial charge is 0.256 e. The lowest BCUT2D eigenvalue weighted by Crippen LogP contribution is -2.47. The molecule has 8 heteroatoms. The summed E-state index contributed by atoms with van der Waals surface area (Å²) in [6, 6.07) is 10.2. The van der Waals surface area contributed by atoms with Gasteiger partial charge >= 0.3 is 0 Å². The molecule has 2 aromatic heterocycles. The molecule has 2 aliphatic rings. The van der Waals surface area contributed by atoms with Crippen LogP contribution < -0.4 is 4.90 Å². The number of carbonyl (C=O) groups is 2. The molecule has 31 heavy (non-hydrogen) atoms. The van der Waals surface area contributed by atoms with Crippen LogP contribution >= 0.6 is 11.5 Å². The summed E-state index contributed by atoms with van der Waals surface area (Å²) >= 11 is 1.57. The Bertz CT molecular complexity index is 1110. The van der Waals surface area contributed by atoms with Gasteiger partial charge in [-0.1, -0.05) is 12.1 Å². The van der Waals surface area contributed by atoms with Gasteiger partial charge in [0.2, 0.25) is 0 Å². The largest absolute Gasteiger partial charge is 0.353 e. The van der Waals surface area contributed by atoms with E-state index in [9.17, 15) is 9.59 Å². The van der Waals surface area contributed by atoms with Gasteiger partial charge in [-0.3, -0.25) is 14.5 Å². The van der Waals surface area contributed by atoms with Gasteiger partial charge in [-0.2, -0.15) is 4.37 Å². The Morgan fingerprint density at radius 2 is 1.81 bits per heavy atom. The van der Waals surface area contributed by atoms with E-state index in [2.05, 4.69) is 38.4 Å². The normalized spacial score (nSPS) is 18.0. The number of aryl methyl sites for hydroxylation is 1. The van der Waals surface area contributed by atoms with E-state index >= 15 is 0 Å². The Balaban J connectivity index is 1.14. The van der Waals surface area contributed by atoms with Crippen molar-refractivity contribution in [2.24, 2.45) is 7.05 Å². The quantitative estimate of drug-likeness (QED) is 0.614. The van der Waals surface area contributed by atoms with Crippen molar-refractivity contribution < 1.29 is 9.59 Å². The van der Waals surface area contributed by atoms with E-state index in [0.29, 0.717) is 30.8 Å². The minimum absolute atomic E-state index is 0.0123. The number of piperazine rings is 1. The zero-order valence-corrected chi connectivity index (χ0v) is 18.6. The first-order chi connectivity index (χ1) is 15.1. The Labute approximate surface area is 186 Å². The average Bonchev–Trinajstić information content (AvgIpc) is 3.36. The maximum Gasteiger partial charge on any atom is 0.256 e. The molecule has 0 spiro atoms. The summed E-state index contributed by atoms with van der Waals surface area (Å²) in [4.78, 5) is 32.0. The predicted octanol–water partition coefficient (Wildman–Crippen LogP) is 2.88. The molecule has 1 aromatic carbocycles. The van der Waals surface area contributed by atoms with Crippen LogP contribution in [0.4, 0.5) is 5.82 Å². The highest BCUT2D eigenvalue weighted by Crippen LogP contribution is 2.29. The van der Waals surface area contributed by atoms with Gasteiger partial charge in [0.1, 0.15) is 5.82 Å². The SMILES string of the molecule is Cn1ccc2c1C(=O)CCN(CCCN1CCN(c3nsc4ccccc34)CC1)C2=O. The predicted molar refractivity (Wildman–Crippen MR) is 123 cm³/mol.